The monoisotopic (exact) mass is 2340 g/mol. The molecule has 0 bridgehead atoms. The van der Waals surface area contributed by atoms with E-state index in [-0.39, 0.29) is 1.43 Å². The van der Waals surface area contributed by atoms with Crippen molar-refractivity contribution < 1.29 is 1.43 Å². The van der Waals surface area contributed by atoms with Crippen LogP contribution in [0.4, 0.5) is 17.1 Å². The highest BCUT2D eigenvalue weighted by molar-refractivity contribution is 9.11. The van der Waals surface area contributed by atoms with Gasteiger partial charge in [0.25, 0.3) is 0 Å². The number of hydrogen-bond donors (Lipinski definition) is 13. The van der Waals surface area contributed by atoms with Gasteiger partial charge in [-0.15, -0.1) is 0 Å². The van der Waals surface area contributed by atoms with Crippen LogP contribution >= 0.6 is 112 Å². The molecule has 0 atom stereocenters. The number of fused-ring (bicyclic) bond motifs is 31. The van der Waals surface area contributed by atoms with E-state index in [1.165, 1.54) is 86.5 Å². The summed E-state index contributed by atoms with van der Waals surface area (Å²) in [5, 5.41) is 34.2. The fourth-order valence-electron chi connectivity index (χ4n) is 21.6. The molecular weight excluding hydrogens is 2260 g/mol. The summed E-state index contributed by atoms with van der Waals surface area (Å²) in [5.41, 5.74) is 28.9. The van der Waals surface area contributed by atoms with Gasteiger partial charge in [0.2, 0.25) is 0 Å². The number of aliphatic imine (C=N–C) groups is 1. The Balaban J connectivity index is 0.0000000998. The highest BCUT2D eigenvalue weighted by Crippen LogP contribution is 2.47. The van der Waals surface area contributed by atoms with Crippen molar-refractivity contribution in [2.24, 2.45) is 4.99 Å². The number of aromatic amines is 11. The van der Waals surface area contributed by atoms with Crippen molar-refractivity contribution in [2.45, 2.75) is 26.9 Å². The zero-order valence-electron chi connectivity index (χ0n) is 77.6. The van der Waals surface area contributed by atoms with Gasteiger partial charge in [0.1, 0.15) is 23.3 Å². The van der Waals surface area contributed by atoms with E-state index in [0.717, 1.165) is 249 Å². The minimum absolute atomic E-state index is 0. The molecule has 30 aromatic rings. The second-order valence-electron chi connectivity index (χ2n) is 37.0. The molecule has 0 aliphatic carbocycles. The van der Waals surface area contributed by atoms with Crippen molar-refractivity contribution in [2.75, 3.05) is 10.6 Å². The van der Waals surface area contributed by atoms with Gasteiger partial charge in [-0.05, 0) is 232 Å². The first-order valence-corrected chi connectivity index (χ1v) is 53.3. The molecule has 0 amide bonds. The van der Waals surface area contributed by atoms with Crippen LogP contribution in [0.2, 0.25) is 0 Å². The summed E-state index contributed by atoms with van der Waals surface area (Å²) in [5.74, 6) is 3.48. The van der Waals surface area contributed by atoms with Crippen molar-refractivity contribution in [1.82, 2.24) is 74.8 Å². The third-order valence-electron chi connectivity index (χ3n) is 28.4. The zero-order valence-corrected chi connectivity index (χ0v) is 88.7. The zero-order chi connectivity index (χ0) is 98.0. The van der Waals surface area contributed by atoms with E-state index in [1.807, 2.05) is 43.0 Å². The Morgan fingerprint density at radius 1 is 0.253 bits per heavy atom. The summed E-state index contributed by atoms with van der Waals surface area (Å²) in [4.78, 5) is 64.1. The molecule has 13 N–H and O–H groups in total. The lowest BCUT2D eigenvalue weighted by Crippen LogP contribution is -1.98. The molecule has 0 fully saturated rings. The summed E-state index contributed by atoms with van der Waals surface area (Å²) in [6.45, 7) is 5.66. The lowest BCUT2D eigenvalue weighted by atomic mass is 9.99. The van der Waals surface area contributed by atoms with Crippen molar-refractivity contribution >= 4 is 341 Å². The van der Waals surface area contributed by atoms with Crippen LogP contribution in [0.3, 0.4) is 0 Å². The summed E-state index contributed by atoms with van der Waals surface area (Å²) >= 11 is 25.2. The Bertz CT molecular complexity index is 10600. The van der Waals surface area contributed by atoms with Crippen molar-refractivity contribution in [3.8, 4) is 45.6 Å². The number of halogens is 7. The van der Waals surface area contributed by atoms with Crippen LogP contribution in [0.25, 0.3) is 252 Å². The van der Waals surface area contributed by atoms with Gasteiger partial charge in [-0.25, -0.2) is 19.9 Å². The molecule has 11 heterocycles. The normalized spacial score (nSPS) is 12.0. The SMILES string of the molecule is Brc1ccc2[nH]cc(-c3nc4c5cc(Br)ccc5c5ccc(Br)cc5c4[nH]3)c2c1.Brc1ccc2[nH]cc(CNc3ccc4c5ccccc5c5[nH]c(-c6c[nH]c7ccc(Br)cc67)nc5c4c3)c2c1.Cc1[nH]c2ccccc2c1-c1nc2c3cc(NCc4c[nH]c5ccc(Br)cc45)ccc3c3ccccc3c2[nH]1.Cc1[nH]c2ccccc2c1-c1nc2c3ccccc3c3ccc(N=Cc4c[nH]c5ccc(Br)cc45)cc3c2[nH]1.[HH]. The number of rotatable bonds is 12. The second-order valence-corrected chi connectivity index (χ2v) is 43.4. The number of imidazole rings is 4. The van der Waals surface area contributed by atoms with Crippen LogP contribution in [0, 0.1) is 13.8 Å². The van der Waals surface area contributed by atoms with Crippen LogP contribution in [0.1, 0.15) is 29.5 Å². The third kappa shape index (κ3) is 15.7. The van der Waals surface area contributed by atoms with Crippen molar-refractivity contribution in [1.29, 1.82) is 0 Å². The molecule has 30 rings (SSSR count). The molecule has 0 unspecified atom stereocenters. The van der Waals surface area contributed by atoms with E-state index in [4.69, 9.17) is 24.9 Å². The first kappa shape index (κ1) is 89.4. The minimum Gasteiger partial charge on any atom is -0.381 e. The Kier molecular flexibility index (Phi) is 22.1. The third-order valence-corrected chi connectivity index (χ3v) is 31.8. The standard InChI is InChI=1S/C33H24BrN5.C33H22BrN5.C32H21Br2N5.C23H12Br3N3.H2/c2*1-18-30(25-8-4-5-9-29(25)37-18)33-38-31-24-7-3-2-6-22(24)23-12-11-21(15-27(23)32(31)39-33)35-16-19-17-36-28-13-10-20(34)14-26(19)28;33-18-5-9-28-24(11-18)17(15-36-28)14-35-20-7-8-22-21-3-1-2-4-23(21)30-31(26(22)13-20)39-32(38-30)27-16-37-29-10-6-19(34)12-25(27)29;24-11-1-4-14-15-5-2-12(25)9-18(15)22-21(17(14)8-11)28-23(29-22)19-10-27-20-6-3-13(26)7-16(19)20;/h2-15,17,35-37H,16H2,1H3,(H,38,39);2-17,36-37H,1H3,(H,38,39);1-13,15-16,35-37H,14H2,(H,38,39);1-10,27H,(H,28,29);1H. The highest BCUT2D eigenvalue weighted by atomic mass is 79.9. The summed E-state index contributed by atoms with van der Waals surface area (Å²) in [7, 11) is 0. The Labute approximate surface area is 891 Å². The topological polar surface area (TPSA) is 262 Å². The maximum absolute atomic E-state index is 5.23. The van der Waals surface area contributed by atoms with Gasteiger partial charge >= 0.3 is 0 Å². The van der Waals surface area contributed by atoms with Crippen LogP contribution in [-0.2, 0) is 13.1 Å². The Morgan fingerprint density at radius 3 is 1.03 bits per heavy atom. The van der Waals surface area contributed by atoms with E-state index in [1.54, 1.807) is 0 Å². The molecule has 0 saturated carbocycles. The average molecular weight is 2350 g/mol. The number of benzene rings is 19. The molecule has 0 saturated heterocycles. The first-order valence-electron chi connectivity index (χ1n) is 47.7. The molecule has 0 aliphatic heterocycles. The van der Waals surface area contributed by atoms with E-state index < -0.39 is 0 Å². The summed E-state index contributed by atoms with van der Waals surface area (Å²) < 4.78 is 7.39. The summed E-state index contributed by atoms with van der Waals surface area (Å²) in [6.07, 6.45) is 12.1. The fourth-order valence-corrected chi connectivity index (χ4v) is 24.1. The molecular formula is C121H81Br7N18. The molecule has 146 heavy (non-hydrogen) atoms. The molecule has 704 valence electrons. The second kappa shape index (κ2) is 36.1. The van der Waals surface area contributed by atoms with Gasteiger partial charge < -0.3 is 65.5 Å². The first-order chi connectivity index (χ1) is 71.5. The number of para-hydroxylation sites is 2. The molecule has 25 heteroatoms. The predicted octanol–water partition coefficient (Wildman–Crippen LogP) is 36.7. The number of H-pyrrole nitrogens is 11. The smallest absolute Gasteiger partial charge is 0.140 e. The van der Waals surface area contributed by atoms with Gasteiger partial charge in [0, 0.05) is 253 Å². The number of aryl methyl sites for hydroxylation is 2. The van der Waals surface area contributed by atoms with Gasteiger partial charge in [0.05, 0.1) is 49.8 Å². The number of anilines is 2. The number of nitrogens with one attached hydrogen (secondary N) is 13. The van der Waals surface area contributed by atoms with Gasteiger partial charge in [-0.3, -0.25) is 4.99 Å². The fraction of sp³-hybridized carbons (Fsp3) is 0.0331. The summed E-state index contributed by atoms with van der Waals surface area (Å²) in [6, 6.07) is 106. The van der Waals surface area contributed by atoms with Crippen LogP contribution < -0.4 is 10.6 Å². The van der Waals surface area contributed by atoms with Crippen molar-refractivity contribution in [3.05, 3.63) is 394 Å². The van der Waals surface area contributed by atoms with Gasteiger partial charge in [-0.1, -0.05) is 251 Å². The van der Waals surface area contributed by atoms with Gasteiger partial charge in [-0.2, -0.15) is 0 Å². The number of nitrogens with zero attached hydrogens (tertiary/aromatic N) is 5. The van der Waals surface area contributed by atoms with Crippen molar-refractivity contribution in [3.63, 3.8) is 0 Å². The Hall–Kier alpha value is -15.5. The van der Waals surface area contributed by atoms with Crippen LogP contribution in [0.15, 0.2) is 371 Å². The molecule has 19 aromatic carbocycles. The predicted molar refractivity (Wildman–Crippen MR) is 636 cm³/mol. The lowest BCUT2D eigenvalue weighted by molar-refractivity contribution is 1.16. The maximum atomic E-state index is 5.23. The quantitative estimate of drug-likeness (QED) is 0.0418. The Morgan fingerprint density at radius 2 is 0.562 bits per heavy atom. The highest BCUT2D eigenvalue weighted by Gasteiger charge is 2.26. The van der Waals surface area contributed by atoms with Crippen LogP contribution in [-0.4, -0.2) is 81.0 Å². The van der Waals surface area contributed by atoms with E-state index >= 15 is 0 Å². The van der Waals surface area contributed by atoms with E-state index in [2.05, 4.69) is 488 Å². The molecule has 18 nitrogen and oxygen atoms in total. The lowest BCUT2D eigenvalue weighted by Gasteiger charge is -2.10. The van der Waals surface area contributed by atoms with E-state index in [9.17, 15) is 0 Å². The maximum Gasteiger partial charge on any atom is 0.140 e. The number of hydrogen-bond acceptors (Lipinski definition) is 7. The molecule has 0 spiro atoms. The number of aromatic nitrogens is 15. The minimum atomic E-state index is 0. The molecule has 0 aliphatic rings. The largest absolute Gasteiger partial charge is 0.381 e. The van der Waals surface area contributed by atoms with Gasteiger partial charge in [0.15, 0.2) is 0 Å². The average Bonchev–Trinajstić information content (AvgIpc) is 1.66. The molecule has 0 radical (unpaired) electrons. The molecule has 11 aromatic heterocycles. The van der Waals surface area contributed by atoms with Crippen LogP contribution in [0.5, 0.6) is 0 Å². The van der Waals surface area contributed by atoms with E-state index in [0.29, 0.717) is 6.54 Å².